The van der Waals surface area contributed by atoms with E-state index < -0.39 is 5.60 Å². The minimum absolute atomic E-state index is 0.0229. The monoisotopic (exact) mass is 356 g/mol. The molecule has 0 N–H and O–H groups in total. The average Bonchev–Trinajstić information content (AvgIpc) is 3.04. The van der Waals surface area contributed by atoms with Crippen LogP contribution >= 0.6 is 11.8 Å². The van der Waals surface area contributed by atoms with E-state index in [0.29, 0.717) is 0 Å². The summed E-state index contributed by atoms with van der Waals surface area (Å²) in [4.78, 5) is 20.1. The van der Waals surface area contributed by atoms with Crippen molar-refractivity contribution in [3.05, 3.63) is 54.2 Å². The highest BCUT2D eigenvalue weighted by Crippen LogP contribution is 2.39. The number of ether oxygens (including phenoxy) is 1. The fourth-order valence-corrected chi connectivity index (χ4v) is 3.92. The van der Waals surface area contributed by atoms with Gasteiger partial charge in [-0.15, -0.1) is 0 Å². The number of carbonyl (C=O) groups excluding carboxylic acids is 1. The second-order valence-corrected chi connectivity index (χ2v) is 8.21. The van der Waals surface area contributed by atoms with Crippen molar-refractivity contribution in [1.82, 2.24) is 9.88 Å². The summed E-state index contributed by atoms with van der Waals surface area (Å²) in [5, 5.41) is 0.953. The van der Waals surface area contributed by atoms with Crippen molar-refractivity contribution in [2.24, 2.45) is 0 Å². The number of benzene rings is 1. The van der Waals surface area contributed by atoms with Gasteiger partial charge in [-0.1, -0.05) is 36.0 Å². The molecule has 1 atom stereocenters. The topological polar surface area (TPSA) is 42.4 Å². The molecule has 1 aromatic heterocycles. The Morgan fingerprint density at radius 2 is 1.96 bits per heavy atom. The molecule has 0 bridgehead atoms. The first kappa shape index (κ1) is 17.8. The maximum Gasteiger partial charge on any atom is 0.410 e. The Morgan fingerprint density at radius 3 is 2.68 bits per heavy atom. The SMILES string of the molecule is CC(C)(C)OC(=O)N1CCCC1c1cccnc1Sc1ccccc1. The minimum Gasteiger partial charge on any atom is -0.444 e. The molecule has 1 aliphatic heterocycles. The maximum absolute atomic E-state index is 12.6. The third-order valence-electron chi connectivity index (χ3n) is 4.00. The molecule has 1 amide bonds. The standard InChI is InChI=1S/C20H24N2O2S/c1-20(2,3)24-19(23)22-14-8-12-17(22)16-11-7-13-21-18(16)25-15-9-5-4-6-10-15/h4-7,9-11,13,17H,8,12,14H2,1-3H3. The molecule has 25 heavy (non-hydrogen) atoms. The predicted molar refractivity (Wildman–Crippen MR) is 99.7 cm³/mol. The van der Waals surface area contributed by atoms with Crippen LogP contribution in [-0.2, 0) is 4.74 Å². The summed E-state index contributed by atoms with van der Waals surface area (Å²) in [6.45, 7) is 6.42. The molecule has 1 saturated heterocycles. The van der Waals surface area contributed by atoms with Gasteiger partial charge in [0.25, 0.3) is 0 Å². The second kappa shape index (κ2) is 7.48. The van der Waals surface area contributed by atoms with Crippen molar-refractivity contribution in [2.45, 2.75) is 55.2 Å². The Hall–Kier alpha value is -2.01. The summed E-state index contributed by atoms with van der Waals surface area (Å²) in [7, 11) is 0. The van der Waals surface area contributed by atoms with Gasteiger partial charge in [-0.2, -0.15) is 0 Å². The van der Waals surface area contributed by atoms with Crippen LogP contribution in [-0.4, -0.2) is 28.1 Å². The Balaban J connectivity index is 1.84. The van der Waals surface area contributed by atoms with Gasteiger partial charge in [0.15, 0.2) is 0 Å². The Labute approximate surface area is 153 Å². The van der Waals surface area contributed by atoms with Crippen molar-refractivity contribution in [3.8, 4) is 0 Å². The number of pyridine rings is 1. The van der Waals surface area contributed by atoms with Crippen LogP contribution in [0.2, 0.25) is 0 Å². The molecule has 1 aliphatic rings. The summed E-state index contributed by atoms with van der Waals surface area (Å²) in [6.07, 6.45) is 3.48. The molecule has 3 rings (SSSR count). The summed E-state index contributed by atoms with van der Waals surface area (Å²) in [5.74, 6) is 0. The Bertz CT molecular complexity index is 728. The zero-order valence-electron chi connectivity index (χ0n) is 14.9. The smallest absolute Gasteiger partial charge is 0.410 e. The van der Waals surface area contributed by atoms with Crippen molar-refractivity contribution in [1.29, 1.82) is 0 Å². The number of nitrogens with zero attached hydrogens (tertiary/aromatic N) is 2. The van der Waals surface area contributed by atoms with E-state index in [2.05, 4.69) is 23.2 Å². The number of likely N-dealkylation sites (tertiary alicyclic amines) is 1. The second-order valence-electron chi connectivity index (χ2n) is 7.14. The van der Waals surface area contributed by atoms with Gasteiger partial charge < -0.3 is 9.64 Å². The lowest BCUT2D eigenvalue weighted by Crippen LogP contribution is -2.36. The molecule has 132 valence electrons. The molecule has 1 unspecified atom stereocenters. The van der Waals surface area contributed by atoms with Gasteiger partial charge in [0, 0.05) is 23.2 Å². The van der Waals surface area contributed by atoms with Crippen molar-refractivity contribution in [2.75, 3.05) is 6.54 Å². The quantitative estimate of drug-likeness (QED) is 0.748. The zero-order chi connectivity index (χ0) is 17.9. The van der Waals surface area contributed by atoms with Crippen molar-refractivity contribution >= 4 is 17.9 Å². The summed E-state index contributed by atoms with van der Waals surface area (Å²) < 4.78 is 5.59. The van der Waals surface area contributed by atoms with Crippen molar-refractivity contribution < 1.29 is 9.53 Å². The molecule has 4 nitrogen and oxygen atoms in total. The summed E-state index contributed by atoms with van der Waals surface area (Å²) >= 11 is 1.64. The maximum atomic E-state index is 12.6. The normalized spacial score (nSPS) is 17.6. The molecule has 2 heterocycles. The van der Waals surface area contributed by atoms with Crippen LogP contribution in [0, 0.1) is 0 Å². The number of hydrogen-bond donors (Lipinski definition) is 0. The molecule has 0 aliphatic carbocycles. The van der Waals surface area contributed by atoms with E-state index in [4.69, 9.17) is 4.74 Å². The van der Waals surface area contributed by atoms with Crippen LogP contribution in [0.15, 0.2) is 58.6 Å². The lowest BCUT2D eigenvalue weighted by atomic mass is 10.1. The number of carbonyl (C=O) groups is 1. The summed E-state index contributed by atoms with van der Waals surface area (Å²) in [5.41, 5.74) is 0.612. The van der Waals surface area contributed by atoms with Gasteiger partial charge in [-0.3, -0.25) is 0 Å². The lowest BCUT2D eigenvalue weighted by molar-refractivity contribution is 0.0222. The number of aromatic nitrogens is 1. The van der Waals surface area contributed by atoms with Crippen LogP contribution in [0.4, 0.5) is 4.79 Å². The lowest BCUT2D eigenvalue weighted by Gasteiger charge is -2.29. The van der Waals surface area contributed by atoms with Gasteiger partial charge in [-0.05, 0) is 51.8 Å². The molecule has 2 aromatic rings. The fraction of sp³-hybridized carbons (Fsp3) is 0.400. The zero-order valence-corrected chi connectivity index (χ0v) is 15.8. The van der Waals surface area contributed by atoms with E-state index in [1.165, 1.54) is 0 Å². The highest BCUT2D eigenvalue weighted by molar-refractivity contribution is 7.99. The van der Waals surface area contributed by atoms with E-state index in [-0.39, 0.29) is 12.1 Å². The van der Waals surface area contributed by atoms with E-state index in [1.807, 2.05) is 56.1 Å². The first-order chi connectivity index (χ1) is 11.9. The Morgan fingerprint density at radius 1 is 1.20 bits per heavy atom. The Kier molecular flexibility index (Phi) is 5.33. The highest BCUT2D eigenvalue weighted by atomic mass is 32.2. The molecule has 0 radical (unpaired) electrons. The predicted octanol–water partition coefficient (Wildman–Crippen LogP) is 5.30. The average molecular weight is 356 g/mol. The van der Waals surface area contributed by atoms with Gasteiger partial charge >= 0.3 is 6.09 Å². The third-order valence-corrected chi connectivity index (χ3v) is 5.04. The molecule has 0 saturated carbocycles. The van der Waals surface area contributed by atoms with E-state index in [1.54, 1.807) is 11.8 Å². The first-order valence-electron chi connectivity index (χ1n) is 8.61. The van der Waals surface area contributed by atoms with Gasteiger partial charge in [0.1, 0.15) is 10.6 Å². The van der Waals surface area contributed by atoms with Crippen LogP contribution < -0.4 is 0 Å². The molecular weight excluding hydrogens is 332 g/mol. The van der Waals surface area contributed by atoms with Crippen LogP contribution in [0.1, 0.15) is 45.2 Å². The fourth-order valence-electron chi connectivity index (χ4n) is 2.97. The van der Waals surface area contributed by atoms with Crippen LogP contribution in [0.3, 0.4) is 0 Å². The largest absolute Gasteiger partial charge is 0.444 e. The molecule has 5 heteroatoms. The minimum atomic E-state index is -0.485. The van der Waals surface area contributed by atoms with Crippen molar-refractivity contribution in [3.63, 3.8) is 0 Å². The number of rotatable bonds is 3. The van der Waals surface area contributed by atoms with Gasteiger partial charge in [0.2, 0.25) is 0 Å². The van der Waals surface area contributed by atoms with Gasteiger partial charge in [0.05, 0.1) is 6.04 Å². The molecule has 0 spiro atoms. The number of hydrogen-bond acceptors (Lipinski definition) is 4. The van der Waals surface area contributed by atoms with Crippen LogP contribution in [0.25, 0.3) is 0 Å². The summed E-state index contributed by atoms with van der Waals surface area (Å²) in [6, 6.07) is 14.2. The van der Waals surface area contributed by atoms with Crippen LogP contribution in [0.5, 0.6) is 0 Å². The van der Waals surface area contributed by atoms with E-state index >= 15 is 0 Å². The third kappa shape index (κ3) is 4.54. The molecular formula is C20H24N2O2S. The molecule has 1 fully saturated rings. The molecule has 1 aromatic carbocycles. The first-order valence-corrected chi connectivity index (χ1v) is 9.43. The highest BCUT2D eigenvalue weighted by Gasteiger charge is 2.34. The number of amides is 1. The van der Waals surface area contributed by atoms with E-state index in [0.717, 1.165) is 34.9 Å². The van der Waals surface area contributed by atoms with Gasteiger partial charge in [-0.25, -0.2) is 9.78 Å². The van der Waals surface area contributed by atoms with E-state index in [9.17, 15) is 4.79 Å².